The summed E-state index contributed by atoms with van der Waals surface area (Å²) in [5.74, 6) is 0.0699. The number of piperazine rings is 1. The number of anilines is 3. The zero-order valence-corrected chi connectivity index (χ0v) is 24.8. The van der Waals surface area contributed by atoms with Crippen LogP contribution in [-0.2, 0) is 6.54 Å². The van der Waals surface area contributed by atoms with Gasteiger partial charge >= 0.3 is 0 Å². The topological polar surface area (TPSA) is 115 Å². The Bertz CT molecular complexity index is 1580. The lowest BCUT2D eigenvalue weighted by molar-refractivity contribution is 0.270. The highest BCUT2D eigenvalue weighted by molar-refractivity contribution is 8.24. The standard InChI is InChI=1S/C28H33ClF2N8O2S/c1-17-14-38(15-18(2)34-17)27-23(29)9-20(13-32-27)35-28-33-12-19-3-4-39(26(19)36-28)21-10-24(30)22(25(31)11-21)16-37-5-7-42(40,41)8-6-37/h3-4,9-13,17-18,34,40-41H,5-8,14-16H2,1-2H3,(H,33,35,36). The Morgan fingerprint density at radius 2 is 1.74 bits per heavy atom. The fourth-order valence-corrected chi connectivity index (χ4v) is 7.16. The number of aromatic nitrogens is 4. The first-order valence-corrected chi connectivity index (χ1v) is 16.0. The van der Waals surface area contributed by atoms with Gasteiger partial charge in [0.05, 0.1) is 34.1 Å². The maximum absolute atomic E-state index is 15.2. The predicted octanol–water partition coefficient (Wildman–Crippen LogP) is 5.24. The highest BCUT2D eigenvalue weighted by Gasteiger charge is 2.25. The van der Waals surface area contributed by atoms with Gasteiger partial charge in [0.15, 0.2) is 0 Å². The van der Waals surface area contributed by atoms with Crippen LogP contribution in [0.3, 0.4) is 0 Å². The van der Waals surface area contributed by atoms with Crippen LogP contribution in [0.1, 0.15) is 19.4 Å². The van der Waals surface area contributed by atoms with Gasteiger partial charge in [-0.2, -0.15) is 15.6 Å². The summed E-state index contributed by atoms with van der Waals surface area (Å²) in [6.45, 7) is 6.65. The summed E-state index contributed by atoms with van der Waals surface area (Å²) in [5.41, 5.74) is 1.32. The molecule has 4 N–H and O–H groups in total. The average molecular weight is 619 g/mol. The first-order valence-electron chi connectivity index (χ1n) is 13.8. The van der Waals surface area contributed by atoms with Crippen molar-refractivity contribution >= 4 is 50.7 Å². The number of nitrogens with zero attached hydrogens (tertiary/aromatic N) is 6. The summed E-state index contributed by atoms with van der Waals surface area (Å²) in [6.07, 6.45) is 5.00. The Balaban J connectivity index is 1.21. The van der Waals surface area contributed by atoms with E-state index >= 15 is 8.78 Å². The maximum Gasteiger partial charge on any atom is 0.229 e. The predicted molar refractivity (Wildman–Crippen MR) is 163 cm³/mol. The van der Waals surface area contributed by atoms with Crippen molar-refractivity contribution in [1.82, 2.24) is 29.7 Å². The molecule has 0 amide bonds. The molecule has 0 radical (unpaired) electrons. The van der Waals surface area contributed by atoms with Gasteiger partial charge in [0.25, 0.3) is 0 Å². The second-order valence-corrected chi connectivity index (χ2v) is 13.9. The number of hydrogen-bond acceptors (Lipinski definition) is 9. The van der Waals surface area contributed by atoms with E-state index in [1.165, 1.54) is 12.1 Å². The Labute approximate surface area is 249 Å². The van der Waals surface area contributed by atoms with E-state index in [2.05, 4.69) is 44.3 Å². The van der Waals surface area contributed by atoms with Crippen molar-refractivity contribution in [3.63, 3.8) is 0 Å². The third-order valence-electron chi connectivity index (χ3n) is 7.62. The van der Waals surface area contributed by atoms with Gasteiger partial charge in [-0.15, -0.1) is 0 Å². The zero-order chi connectivity index (χ0) is 29.6. The van der Waals surface area contributed by atoms with Gasteiger partial charge in [0, 0.05) is 68.2 Å². The number of nitrogens with one attached hydrogen (secondary N) is 2. The van der Waals surface area contributed by atoms with Crippen molar-refractivity contribution in [2.24, 2.45) is 0 Å². The fraction of sp³-hybridized carbons (Fsp3) is 0.393. The molecule has 10 nitrogen and oxygen atoms in total. The van der Waals surface area contributed by atoms with Crippen LogP contribution in [0, 0.1) is 11.6 Å². The molecule has 14 heteroatoms. The molecule has 224 valence electrons. The molecule has 2 atom stereocenters. The number of benzene rings is 1. The smallest absolute Gasteiger partial charge is 0.229 e. The van der Waals surface area contributed by atoms with Gasteiger partial charge in [-0.1, -0.05) is 11.6 Å². The number of halogens is 3. The summed E-state index contributed by atoms with van der Waals surface area (Å²) >= 11 is 6.62. The minimum Gasteiger partial charge on any atom is -0.352 e. The minimum absolute atomic E-state index is 0.0527. The number of hydrogen-bond donors (Lipinski definition) is 4. The molecule has 3 aromatic heterocycles. The van der Waals surface area contributed by atoms with Crippen LogP contribution < -0.4 is 15.5 Å². The lowest BCUT2D eigenvalue weighted by atomic mass is 10.1. The maximum atomic E-state index is 15.2. The van der Waals surface area contributed by atoms with Crippen LogP contribution in [0.4, 0.5) is 26.2 Å². The molecule has 1 aromatic carbocycles. The zero-order valence-electron chi connectivity index (χ0n) is 23.3. The Hall–Kier alpha value is -3.07. The Kier molecular flexibility index (Phi) is 7.98. The van der Waals surface area contributed by atoms with Crippen molar-refractivity contribution in [2.45, 2.75) is 32.5 Å². The molecular weight excluding hydrogens is 586 g/mol. The average Bonchev–Trinajstić information content (AvgIpc) is 3.34. The SMILES string of the molecule is CC1CN(c2ncc(Nc3ncc4ccn(-c5cc(F)c(CN6CCS(O)(O)CC6)c(F)c5)c4n3)cc2Cl)CC(C)N1. The van der Waals surface area contributed by atoms with E-state index in [1.807, 2.05) is 4.90 Å². The second-order valence-electron chi connectivity index (χ2n) is 11.1. The van der Waals surface area contributed by atoms with Gasteiger partial charge in [-0.25, -0.2) is 18.7 Å². The van der Waals surface area contributed by atoms with E-state index in [4.69, 9.17) is 11.6 Å². The molecule has 42 heavy (non-hydrogen) atoms. The first kappa shape index (κ1) is 29.0. The number of rotatable bonds is 6. The third-order valence-corrected chi connectivity index (χ3v) is 9.57. The van der Waals surface area contributed by atoms with E-state index in [9.17, 15) is 9.11 Å². The lowest BCUT2D eigenvalue weighted by Crippen LogP contribution is -2.54. The summed E-state index contributed by atoms with van der Waals surface area (Å²) in [5, 5.41) is 7.84. The fourth-order valence-electron chi connectivity index (χ4n) is 5.57. The van der Waals surface area contributed by atoms with Crippen LogP contribution in [0.5, 0.6) is 0 Å². The molecule has 2 fully saturated rings. The van der Waals surface area contributed by atoms with Crippen molar-refractivity contribution in [1.29, 1.82) is 0 Å². The Morgan fingerprint density at radius 1 is 1.05 bits per heavy atom. The molecule has 2 aliphatic heterocycles. The molecule has 0 spiro atoms. The summed E-state index contributed by atoms with van der Waals surface area (Å²) in [4.78, 5) is 17.6. The summed E-state index contributed by atoms with van der Waals surface area (Å²) in [7, 11) is -2.59. The Morgan fingerprint density at radius 3 is 2.40 bits per heavy atom. The molecule has 5 heterocycles. The van der Waals surface area contributed by atoms with Gasteiger partial charge < -0.3 is 20.1 Å². The van der Waals surface area contributed by atoms with Crippen molar-refractivity contribution in [2.75, 3.05) is 47.9 Å². The van der Waals surface area contributed by atoms with Crippen LogP contribution in [0.2, 0.25) is 5.02 Å². The van der Waals surface area contributed by atoms with E-state index in [0.717, 1.165) is 18.9 Å². The van der Waals surface area contributed by atoms with Gasteiger partial charge in [0.1, 0.15) is 23.1 Å². The van der Waals surface area contributed by atoms with Crippen molar-refractivity contribution in [3.8, 4) is 5.69 Å². The molecule has 0 bridgehead atoms. The lowest BCUT2D eigenvalue weighted by Gasteiger charge is -2.41. The van der Waals surface area contributed by atoms with Crippen molar-refractivity contribution in [3.05, 3.63) is 65.1 Å². The minimum atomic E-state index is -2.59. The van der Waals surface area contributed by atoms with E-state index in [0.29, 0.717) is 46.9 Å². The molecule has 4 aromatic rings. The van der Waals surface area contributed by atoms with Crippen LogP contribution in [-0.4, -0.2) is 83.3 Å². The van der Waals surface area contributed by atoms with Gasteiger partial charge in [-0.05, 0) is 38.1 Å². The highest BCUT2D eigenvalue weighted by atomic mass is 35.5. The van der Waals surface area contributed by atoms with Gasteiger partial charge in [-0.3, -0.25) is 14.0 Å². The largest absolute Gasteiger partial charge is 0.352 e. The molecule has 6 rings (SSSR count). The molecule has 0 aliphatic carbocycles. The number of fused-ring (bicyclic) bond motifs is 1. The van der Waals surface area contributed by atoms with Crippen molar-refractivity contribution < 1.29 is 17.9 Å². The van der Waals surface area contributed by atoms with E-state index in [-0.39, 0.29) is 35.2 Å². The molecule has 2 unspecified atom stereocenters. The van der Waals surface area contributed by atoms with Gasteiger partial charge in [0.2, 0.25) is 5.95 Å². The quantitative estimate of drug-likeness (QED) is 0.230. The van der Waals surface area contributed by atoms with Crippen LogP contribution in [0.25, 0.3) is 16.7 Å². The molecular formula is C28H33ClF2N8O2S. The highest BCUT2D eigenvalue weighted by Crippen LogP contribution is 2.40. The van der Waals surface area contributed by atoms with Crippen LogP contribution >= 0.6 is 22.2 Å². The summed E-state index contributed by atoms with van der Waals surface area (Å²) < 4.78 is 51.6. The van der Waals surface area contributed by atoms with E-state index < -0.39 is 22.2 Å². The monoisotopic (exact) mass is 618 g/mol. The number of pyridine rings is 1. The second kappa shape index (κ2) is 11.5. The summed E-state index contributed by atoms with van der Waals surface area (Å²) in [6, 6.07) is 6.76. The van der Waals surface area contributed by atoms with Crippen LogP contribution in [0.15, 0.2) is 42.9 Å². The molecule has 2 aliphatic rings. The normalized spacial score (nSPS) is 21.9. The van der Waals surface area contributed by atoms with E-state index in [1.54, 1.807) is 35.3 Å². The molecule has 0 saturated carbocycles. The molecule has 2 saturated heterocycles. The first-order chi connectivity index (χ1) is 20.0. The third kappa shape index (κ3) is 6.17.